The zero-order valence-corrected chi connectivity index (χ0v) is 15.2. The zero-order valence-electron chi connectivity index (χ0n) is 15.2. The maximum absolute atomic E-state index is 11.6. The molecular formula is C19H27NO4. The molecule has 0 heterocycles. The Morgan fingerprint density at radius 3 is 1.88 bits per heavy atom. The molecule has 5 heteroatoms. The third-order valence-corrected chi connectivity index (χ3v) is 3.59. The molecule has 1 aromatic rings. The lowest BCUT2D eigenvalue weighted by Crippen LogP contribution is -2.27. The second-order valence-electron chi connectivity index (χ2n) is 7.91. The molecule has 24 heavy (non-hydrogen) atoms. The molecule has 132 valence electrons. The predicted octanol–water partition coefficient (Wildman–Crippen LogP) is 3.20. The van der Waals surface area contributed by atoms with Gasteiger partial charge in [-0.3, -0.25) is 9.59 Å². The van der Waals surface area contributed by atoms with Gasteiger partial charge in [0.15, 0.2) is 0 Å². The fourth-order valence-electron chi connectivity index (χ4n) is 2.29. The van der Waals surface area contributed by atoms with Gasteiger partial charge in [0.05, 0.1) is 0 Å². The van der Waals surface area contributed by atoms with E-state index in [1.807, 2.05) is 53.7 Å². The Morgan fingerprint density at radius 2 is 1.50 bits per heavy atom. The average Bonchev–Trinajstić information content (AvgIpc) is 2.41. The fraction of sp³-hybridized carbons (Fsp3) is 0.474. The summed E-state index contributed by atoms with van der Waals surface area (Å²) >= 11 is 0. The zero-order chi connectivity index (χ0) is 18.7. The molecule has 0 saturated carbocycles. The number of carbonyl (C=O) groups is 2. The van der Waals surface area contributed by atoms with Crippen LogP contribution in [0.5, 0.6) is 5.75 Å². The molecular weight excluding hydrogens is 306 g/mol. The number of aliphatic carboxylic acids is 1. The monoisotopic (exact) mass is 333 g/mol. The summed E-state index contributed by atoms with van der Waals surface area (Å²) in [6, 6.07) is 3.71. The van der Waals surface area contributed by atoms with Gasteiger partial charge in [0.1, 0.15) is 12.3 Å². The van der Waals surface area contributed by atoms with Crippen molar-refractivity contribution in [3.63, 3.8) is 0 Å². The number of hydrogen-bond acceptors (Lipinski definition) is 3. The molecule has 0 bridgehead atoms. The topological polar surface area (TPSA) is 86.6 Å². The smallest absolute Gasteiger partial charge is 0.322 e. The Morgan fingerprint density at radius 1 is 1.04 bits per heavy atom. The number of rotatable bonds is 4. The van der Waals surface area contributed by atoms with E-state index in [-0.39, 0.29) is 16.6 Å². The van der Waals surface area contributed by atoms with Crippen molar-refractivity contribution < 1.29 is 19.8 Å². The molecule has 3 N–H and O–H groups in total. The number of aromatic hydroxyl groups is 1. The summed E-state index contributed by atoms with van der Waals surface area (Å²) in [6.07, 6.45) is 2.93. The SMILES string of the molecule is CC(C)(C)c1cc(/C=C/C(=O)NCC(=O)O)cc(C(C)(C)C)c1O. The minimum atomic E-state index is -1.09. The van der Waals surface area contributed by atoms with Crippen LogP contribution in [0.3, 0.4) is 0 Å². The van der Waals surface area contributed by atoms with E-state index in [2.05, 4.69) is 5.32 Å². The van der Waals surface area contributed by atoms with Crippen molar-refractivity contribution in [1.82, 2.24) is 5.32 Å². The van der Waals surface area contributed by atoms with Crippen molar-refractivity contribution in [3.8, 4) is 5.75 Å². The Kier molecular flexibility index (Phi) is 5.82. The van der Waals surface area contributed by atoms with E-state index in [1.165, 1.54) is 6.08 Å². The molecule has 5 nitrogen and oxygen atoms in total. The van der Waals surface area contributed by atoms with Crippen LogP contribution in [0, 0.1) is 0 Å². The second-order valence-corrected chi connectivity index (χ2v) is 7.91. The molecule has 0 aliphatic carbocycles. The van der Waals surface area contributed by atoms with E-state index in [1.54, 1.807) is 6.08 Å². The molecule has 0 aromatic heterocycles. The molecule has 0 unspecified atom stereocenters. The molecule has 0 spiro atoms. The first-order valence-corrected chi connectivity index (χ1v) is 7.88. The molecule has 0 aliphatic heterocycles. The first-order valence-electron chi connectivity index (χ1n) is 7.88. The minimum absolute atomic E-state index is 0.250. The number of phenolic OH excluding ortho intramolecular Hbond substituents is 1. The van der Waals surface area contributed by atoms with Gasteiger partial charge < -0.3 is 15.5 Å². The Balaban J connectivity index is 3.25. The molecule has 0 radical (unpaired) electrons. The van der Waals surface area contributed by atoms with Crippen molar-refractivity contribution in [3.05, 3.63) is 34.9 Å². The summed E-state index contributed by atoms with van der Waals surface area (Å²) in [7, 11) is 0. The Labute approximate surface area is 143 Å². The van der Waals surface area contributed by atoms with Gasteiger partial charge in [0.2, 0.25) is 5.91 Å². The van der Waals surface area contributed by atoms with E-state index in [0.717, 1.165) is 16.7 Å². The lowest BCUT2D eigenvalue weighted by Gasteiger charge is -2.27. The van der Waals surface area contributed by atoms with Gasteiger partial charge in [0, 0.05) is 17.2 Å². The number of nitrogens with one attached hydrogen (secondary N) is 1. The minimum Gasteiger partial charge on any atom is -0.507 e. The summed E-state index contributed by atoms with van der Waals surface area (Å²) < 4.78 is 0. The fourth-order valence-corrected chi connectivity index (χ4v) is 2.29. The number of carbonyl (C=O) groups excluding carboxylic acids is 1. The number of benzene rings is 1. The number of carboxylic acids is 1. The Hall–Kier alpha value is -2.30. The lowest BCUT2D eigenvalue weighted by molar-refractivity contribution is -0.137. The summed E-state index contributed by atoms with van der Waals surface area (Å²) in [6.45, 7) is 11.7. The summed E-state index contributed by atoms with van der Waals surface area (Å²) in [5.41, 5.74) is 1.90. The number of carboxylic acid groups (broad SMARTS) is 1. The molecule has 0 aliphatic rings. The van der Waals surface area contributed by atoms with Crippen molar-refractivity contribution in [2.24, 2.45) is 0 Å². The van der Waals surface area contributed by atoms with Gasteiger partial charge >= 0.3 is 5.97 Å². The normalized spacial score (nSPS) is 12.4. The van der Waals surface area contributed by atoms with Crippen molar-refractivity contribution in [2.75, 3.05) is 6.54 Å². The quantitative estimate of drug-likeness (QED) is 0.739. The number of phenols is 1. The van der Waals surface area contributed by atoms with Crippen molar-refractivity contribution >= 4 is 18.0 Å². The van der Waals surface area contributed by atoms with Gasteiger partial charge in [-0.2, -0.15) is 0 Å². The van der Waals surface area contributed by atoms with E-state index < -0.39 is 18.4 Å². The predicted molar refractivity (Wildman–Crippen MR) is 95.2 cm³/mol. The molecule has 0 atom stereocenters. The highest BCUT2D eigenvalue weighted by Crippen LogP contribution is 2.39. The van der Waals surface area contributed by atoms with Crippen LogP contribution < -0.4 is 5.32 Å². The van der Waals surface area contributed by atoms with E-state index in [9.17, 15) is 14.7 Å². The molecule has 0 saturated heterocycles. The molecule has 1 aromatic carbocycles. The average molecular weight is 333 g/mol. The van der Waals surface area contributed by atoms with Crippen LogP contribution in [0.15, 0.2) is 18.2 Å². The van der Waals surface area contributed by atoms with Gasteiger partial charge in [-0.05, 0) is 34.6 Å². The standard InChI is InChI=1S/C19H27NO4/c1-18(2,3)13-9-12(7-8-15(21)20-11-16(22)23)10-14(17(13)24)19(4,5)6/h7-10,24H,11H2,1-6H3,(H,20,21)(H,22,23)/b8-7+. The van der Waals surface area contributed by atoms with Crippen molar-refractivity contribution in [1.29, 1.82) is 0 Å². The number of amides is 1. The van der Waals surface area contributed by atoms with Gasteiger partial charge in [-0.25, -0.2) is 0 Å². The van der Waals surface area contributed by atoms with Gasteiger partial charge in [0.25, 0.3) is 0 Å². The molecule has 1 rings (SSSR count). The highest BCUT2D eigenvalue weighted by atomic mass is 16.4. The van der Waals surface area contributed by atoms with E-state index in [0.29, 0.717) is 0 Å². The summed E-state index contributed by atoms with van der Waals surface area (Å²) in [5.74, 6) is -1.28. The van der Waals surface area contributed by atoms with Crippen LogP contribution >= 0.6 is 0 Å². The first kappa shape index (κ1) is 19.7. The second kappa shape index (κ2) is 7.07. The summed E-state index contributed by atoms with van der Waals surface area (Å²) in [5, 5.41) is 21.5. The van der Waals surface area contributed by atoms with Crippen LogP contribution in [-0.2, 0) is 20.4 Å². The van der Waals surface area contributed by atoms with Crippen LogP contribution in [0.4, 0.5) is 0 Å². The van der Waals surface area contributed by atoms with Gasteiger partial charge in [-0.1, -0.05) is 41.5 Å². The lowest BCUT2D eigenvalue weighted by atomic mass is 9.78. The maximum atomic E-state index is 11.6. The highest BCUT2D eigenvalue weighted by molar-refractivity contribution is 5.93. The molecule has 0 fully saturated rings. The highest BCUT2D eigenvalue weighted by Gasteiger charge is 2.26. The number of hydrogen-bond donors (Lipinski definition) is 3. The van der Waals surface area contributed by atoms with Crippen LogP contribution in [0.1, 0.15) is 58.2 Å². The third kappa shape index (κ3) is 5.41. The maximum Gasteiger partial charge on any atom is 0.322 e. The molecule has 1 amide bonds. The van der Waals surface area contributed by atoms with E-state index >= 15 is 0 Å². The third-order valence-electron chi connectivity index (χ3n) is 3.59. The van der Waals surface area contributed by atoms with Crippen molar-refractivity contribution in [2.45, 2.75) is 52.4 Å². The van der Waals surface area contributed by atoms with Crippen LogP contribution in [0.25, 0.3) is 6.08 Å². The summed E-state index contributed by atoms with van der Waals surface area (Å²) in [4.78, 5) is 22.1. The largest absolute Gasteiger partial charge is 0.507 e. The van der Waals surface area contributed by atoms with Crippen LogP contribution in [0.2, 0.25) is 0 Å². The van der Waals surface area contributed by atoms with E-state index in [4.69, 9.17) is 5.11 Å². The van der Waals surface area contributed by atoms with Gasteiger partial charge in [-0.15, -0.1) is 0 Å². The first-order chi connectivity index (χ1) is 10.8. The Bertz CT molecular complexity index is 626. The van der Waals surface area contributed by atoms with Crippen LogP contribution in [-0.4, -0.2) is 28.6 Å².